The Labute approximate surface area is 116 Å². The van der Waals surface area contributed by atoms with Gasteiger partial charge in [-0.05, 0) is 18.6 Å². The molecule has 6 heteroatoms. The van der Waals surface area contributed by atoms with Gasteiger partial charge in [-0.15, -0.1) is 0 Å². The van der Waals surface area contributed by atoms with Crippen molar-refractivity contribution in [2.45, 2.75) is 13.5 Å². The van der Waals surface area contributed by atoms with Gasteiger partial charge in [-0.3, -0.25) is 9.89 Å². The molecule has 0 bridgehead atoms. The van der Waals surface area contributed by atoms with Gasteiger partial charge in [-0.25, -0.2) is 0 Å². The van der Waals surface area contributed by atoms with Crippen molar-refractivity contribution < 1.29 is 4.79 Å². The van der Waals surface area contributed by atoms with Crippen LogP contribution in [0.4, 0.5) is 5.82 Å². The molecular formula is C14H15N5O. The monoisotopic (exact) mass is 269 g/mol. The molecule has 102 valence electrons. The van der Waals surface area contributed by atoms with Gasteiger partial charge in [0, 0.05) is 19.2 Å². The van der Waals surface area contributed by atoms with Crippen LogP contribution in [0.25, 0.3) is 0 Å². The fourth-order valence-corrected chi connectivity index (χ4v) is 1.92. The number of benzene rings is 1. The van der Waals surface area contributed by atoms with Gasteiger partial charge in [-0.1, -0.05) is 18.2 Å². The lowest BCUT2D eigenvalue weighted by molar-refractivity contribution is 0.0746. The van der Waals surface area contributed by atoms with E-state index in [1.54, 1.807) is 17.0 Å². The fraction of sp³-hybridized carbons (Fsp3) is 0.214. The number of carbonyl (C=O) groups excluding carboxylic acids is 1. The first-order valence-electron chi connectivity index (χ1n) is 6.24. The van der Waals surface area contributed by atoms with Crippen molar-refractivity contribution in [2.24, 2.45) is 0 Å². The van der Waals surface area contributed by atoms with Crippen molar-refractivity contribution in [1.29, 1.82) is 5.26 Å². The predicted octanol–water partition coefficient (Wildman–Crippen LogP) is 1.53. The van der Waals surface area contributed by atoms with Crippen LogP contribution in [0.5, 0.6) is 0 Å². The third-order valence-electron chi connectivity index (χ3n) is 3.00. The molecule has 0 aliphatic heterocycles. The summed E-state index contributed by atoms with van der Waals surface area (Å²) in [5.41, 5.74) is 7.24. The van der Waals surface area contributed by atoms with Gasteiger partial charge in [0.15, 0.2) is 0 Å². The maximum atomic E-state index is 12.3. The minimum atomic E-state index is -0.190. The number of anilines is 1. The summed E-state index contributed by atoms with van der Waals surface area (Å²) in [4.78, 5) is 13.9. The number of nitrogen functional groups attached to an aromatic ring is 1. The molecule has 1 heterocycles. The summed E-state index contributed by atoms with van der Waals surface area (Å²) in [7, 11) is 0. The summed E-state index contributed by atoms with van der Waals surface area (Å²) < 4.78 is 0. The van der Waals surface area contributed by atoms with Gasteiger partial charge >= 0.3 is 0 Å². The second-order valence-electron chi connectivity index (χ2n) is 4.29. The largest absolute Gasteiger partial charge is 0.382 e. The van der Waals surface area contributed by atoms with Crippen LogP contribution in [0, 0.1) is 11.3 Å². The fourth-order valence-electron chi connectivity index (χ4n) is 1.92. The summed E-state index contributed by atoms with van der Waals surface area (Å²) in [6, 6.07) is 10.9. The SMILES string of the molecule is CCN(Cc1ccccc1C#N)C(=O)c1cc(N)n[nH]1. The van der Waals surface area contributed by atoms with Gasteiger partial charge in [-0.2, -0.15) is 10.4 Å². The number of hydrogen-bond donors (Lipinski definition) is 2. The van der Waals surface area contributed by atoms with Gasteiger partial charge < -0.3 is 10.6 Å². The Morgan fingerprint density at radius 1 is 1.50 bits per heavy atom. The minimum absolute atomic E-state index is 0.190. The molecule has 3 N–H and O–H groups in total. The first-order chi connectivity index (χ1) is 9.65. The number of hydrogen-bond acceptors (Lipinski definition) is 4. The molecule has 0 aliphatic carbocycles. The number of nitriles is 1. The average molecular weight is 269 g/mol. The Bertz CT molecular complexity index is 656. The van der Waals surface area contributed by atoms with Crippen molar-refractivity contribution in [2.75, 3.05) is 12.3 Å². The van der Waals surface area contributed by atoms with Gasteiger partial charge in [0.05, 0.1) is 11.6 Å². The van der Waals surface area contributed by atoms with Crippen LogP contribution in [0.2, 0.25) is 0 Å². The molecule has 6 nitrogen and oxygen atoms in total. The number of nitrogens with zero attached hydrogens (tertiary/aromatic N) is 3. The molecule has 0 atom stereocenters. The maximum Gasteiger partial charge on any atom is 0.272 e. The highest BCUT2D eigenvalue weighted by Crippen LogP contribution is 2.13. The van der Waals surface area contributed by atoms with Crippen molar-refractivity contribution in [1.82, 2.24) is 15.1 Å². The normalized spacial score (nSPS) is 10.0. The highest BCUT2D eigenvalue weighted by atomic mass is 16.2. The minimum Gasteiger partial charge on any atom is -0.382 e. The number of H-pyrrole nitrogens is 1. The Morgan fingerprint density at radius 2 is 2.25 bits per heavy atom. The highest BCUT2D eigenvalue weighted by molar-refractivity contribution is 5.92. The topological polar surface area (TPSA) is 98.8 Å². The van der Waals surface area contributed by atoms with Crippen LogP contribution in [0.3, 0.4) is 0 Å². The number of aromatic nitrogens is 2. The first-order valence-corrected chi connectivity index (χ1v) is 6.24. The zero-order valence-corrected chi connectivity index (χ0v) is 11.1. The summed E-state index contributed by atoms with van der Waals surface area (Å²) in [5.74, 6) is 0.0891. The third kappa shape index (κ3) is 2.78. The van der Waals surface area contributed by atoms with E-state index in [-0.39, 0.29) is 11.7 Å². The van der Waals surface area contributed by atoms with E-state index in [4.69, 9.17) is 11.0 Å². The van der Waals surface area contributed by atoms with Gasteiger partial charge in [0.25, 0.3) is 5.91 Å². The molecule has 2 rings (SSSR count). The highest BCUT2D eigenvalue weighted by Gasteiger charge is 2.17. The van der Waals surface area contributed by atoms with Crippen LogP contribution >= 0.6 is 0 Å². The number of nitrogens with one attached hydrogen (secondary N) is 1. The zero-order chi connectivity index (χ0) is 14.5. The van der Waals surface area contributed by atoms with Crippen molar-refractivity contribution in [3.63, 3.8) is 0 Å². The molecule has 2 aromatic rings. The molecule has 1 aromatic carbocycles. The first kappa shape index (κ1) is 13.6. The number of nitrogens with two attached hydrogens (primary N) is 1. The van der Waals surface area contributed by atoms with E-state index in [0.717, 1.165) is 5.56 Å². The van der Waals surface area contributed by atoms with Gasteiger partial charge in [0.2, 0.25) is 0 Å². The van der Waals surface area contributed by atoms with E-state index in [9.17, 15) is 4.79 Å². The Kier molecular flexibility index (Phi) is 4.01. The summed E-state index contributed by atoms with van der Waals surface area (Å²) >= 11 is 0. The van der Waals surface area contributed by atoms with E-state index in [1.807, 2.05) is 19.1 Å². The van der Waals surface area contributed by atoms with Crippen LogP contribution in [-0.2, 0) is 6.54 Å². The van der Waals surface area contributed by atoms with E-state index < -0.39 is 0 Å². The average Bonchev–Trinajstić information content (AvgIpc) is 2.91. The van der Waals surface area contributed by atoms with Crippen molar-refractivity contribution in [3.05, 3.63) is 47.2 Å². The number of amides is 1. The van der Waals surface area contributed by atoms with E-state index in [1.165, 1.54) is 6.07 Å². The van der Waals surface area contributed by atoms with Crippen LogP contribution in [-0.4, -0.2) is 27.5 Å². The molecule has 0 aliphatic rings. The molecule has 0 saturated carbocycles. The molecule has 0 unspecified atom stereocenters. The summed E-state index contributed by atoms with van der Waals surface area (Å²) in [6.45, 7) is 2.78. The van der Waals surface area contributed by atoms with E-state index in [0.29, 0.717) is 24.3 Å². The zero-order valence-electron chi connectivity index (χ0n) is 11.1. The molecule has 1 aromatic heterocycles. The quantitative estimate of drug-likeness (QED) is 0.879. The van der Waals surface area contributed by atoms with Crippen molar-refractivity contribution >= 4 is 11.7 Å². The second-order valence-corrected chi connectivity index (χ2v) is 4.29. The smallest absolute Gasteiger partial charge is 0.272 e. The molecule has 1 amide bonds. The Morgan fingerprint density at radius 3 is 2.85 bits per heavy atom. The number of carbonyl (C=O) groups is 1. The number of aromatic amines is 1. The van der Waals surface area contributed by atoms with Gasteiger partial charge in [0.1, 0.15) is 11.5 Å². The Hall–Kier alpha value is -2.81. The standard InChI is InChI=1S/C14H15N5O/c1-2-19(14(20)12-7-13(16)18-17-12)9-11-6-4-3-5-10(11)8-15/h3-7H,2,9H2,1H3,(H3,16,17,18). The lowest BCUT2D eigenvalue weighted by atomic mass is 10.1. The summed E-state index contributed by atoms with van der Waals surface area (Å²) in [5, 5.41) is 15.4. The van der Waals surface area contributed by atoms with Crippen molar-refractivity contribution in [3.8, 4) is 6.07 Å². The van der Waals surface area contributed by atoms with E-state index in [2.05, 4.69) is 16.3 Å². The summed E-state index contributed by atoms with van der Waals surface area (Å²) in [6.07, 6.45) is 0. The molecule has 0 spiro atoms. The molecule has 0 saturated heterocycles. The second kappa shape index (κ2) is 5.89. The van der Waals surface area contributed by atoms with Crippen LogP contribution < -0.4 is 5.73 Å². The molecule has 0 fully saturated rings. The number of rotatable bonds is 4. The van der Waals surface area contributed by atoms with Crippen LogP contribution in [0.1, 0.15) is 28.5 Å². The lowest BCUT2D eigenvalue weighted by Gasteiger charge is -2.20. The molecular weight excluding hydrogens is 254 g/mol. The molecule has 20 heavy (non-hydrogen) atoms. The predicted molar refractivity (Wildman–Crippen MR) is 74.6 cm³/mol. The van der Waals surface area contributed by atoms with E-state index >= 15 is 0 Å². The third-order valence-corrected chi connectivity index (χ3v) is 3.00. The van der Waals surface area contributed by atoms with Crippen LogP contribution in [0.15, 0.2) is 30.3 Å². The lowest BCUT2D eigenvalue weighted by Crippen LogP contribution is -2.30. The Balaban J connectivity index is 2.21. The maximum absolute atomic E-state index is 12.3. The molecule has 0 radical (unpaired) electrons.